The Labute approximate surface area is 101 Å². The molecule has 4 unspecified atom stereocenters. The van der Waals surface area contributed by atoms with Crippen LogP contribution in [-0.2, 0) is 9.26 Å². The minimum Gasteiger partial charge on any atom is -0.383 e. The zero-order valence-electron chi connectivity index (χ0n) is 9.57. The summed E-state index contributed by atoms with van der Waals surface area (Å²) in [4.78, 5) is 15.4. The van der Waals surface area contributed by atoms with E-state index in [1.54, 1.807) is 12.3 Å². The molecule has 2 rings (SSSR count). The molecule has 0 saturated carbocycles. The number of nitrogen functional groups attached to an aromatic ring is 1. The number of hydrogen-bond acceptors (Lipinski definition) is 5. The van der Waals surface area contributed by atoms with Crippen LogP contribution in [0.15, 0.2) is 17.1 Å². The van der Waals surface area contributed by atoms with Gasteiger partial charge >= 0.3 is 5.69 Å². The molecule has 17 heavy (non-hydrogen) atoms. The van der Waals surface area contributed by atoms with Gasteiger partial charge in [0.05, 0.1) is 12.7 Å². The topological polar surface area (TPSA) is 79.4 Å². The van der Waals surface area contributed by atoms with Gasteiger partial charge in [-0.25, -0.2) is 4.79 Å². The van der Waals surface area contributed by atoms with Gasteiger partial charge in [-0.05, 0) is 12.5 Å². The third-order valence-corrected chi connectivity index (χ3v) is 3.05. The summed E-state index contributed by atoms with van der Waals surface area (Å²) in [6, 6.07) is 1.59. The summed E-state index contributed by atoms with van der Waals surface area (Å²) in [5, 5.41) is 0. The first kappa shape index (κ1) is 12.5. The van der Waals surface area contributed by atoms with Crippen molar-refractivity contribution in [1.29, 1.82) is 0 Å². The van der Waals surface area contributed by atoms with E-state index in [9.17, 15) is 4.79 Å². The highest BCUT2D eigenvalue weighted by Gasteiger charge is 2.33. The molecule has 0 bridgehead atoms. The Balaban J connectivity index is 2.20. The molecule has 1 aromatic heterocycles. The largest absolute Gasteiger partial charge is 0.383 e. The van der Waals surface area contributed by atoms with Crippen LogP contribution in [0, 0.1) is 5.92 Å². The van der Waals surface area contributed by atoms with E-state index < -0.39 is 0 Å². The Morgan fingerprint density at radius 2 is 2.53 bits per heavy atom. The fourth-order valence-electron chi connectivity index (χ4n) is 2.09. The Morgan fingerprint density at radius 3 is 3.18 bits per heavy atom. The molecular formula is C10H16N3O3P. The fraction of sp³-hybridized carbons (Fsp3) is 0.600. The molecule has 4 atom stereocenters. The van der Waals surface area contributed by atoms with Gasteiger partial charge in [0.1, 0.15) is 12.0 Å². The van der Waals surface area contributed by atoms with Gasteiger partial charge < -0.3 is 15.0 Å². The maximum absolute atomic E-state index is 11.7. The molecule has 1 aliphatic heterocycles. The normalized spacial score (nSPS) is 28.5. The highest BCUT2D eigenvalue weighted by Crippen LogP contribution is 2.33. The first-order chi connectivity index (χ1) is 8.11. The number of ether oxygens (including phenoxy) is 1. The lowest BCUT2D eigenvalue weighted by Gasteiger charge is -2.17. The molecule has 0 aromatic carbocycles. The molecule has 2 N–H and O–H groups in total. The molecule has 2 heterocycles. The van der Waals surface area contributed by atoms with E-state index in [1.165, 1.54) is 4.57 Å². The monoisotopic (exact) mass is 257 g/mol. The molecule has 0 amide bonds. The molecule has 0 aliphatic carbocycles. The highest BCUT2D eigenvalue weighted by atomic mass is 31.0. The molecule has 6 nitrogen and oxygen atoms in total. The van der Waals surface area contributed by atoms with Crippen molar-refractivity contribution in [2.45, 2.75) is 25.7 Å². The van der Waals surface area contributed by atoms with Gasteiger partial charge in [0.15, 0.2) is 0 Å². The maximum atomic E-state index is 11.7. The predicted molar refractivity (Wildman–Crippen MR) is 66.3 cm³/mol. The van der Waals surface area contributed by atoms with Crippen LogP contribution in [0.4, 0.5) is 5.82 Å². The standard InChI is InChI=1S/C10H16N3O3P/c1-6-4-7(5-15-17)16-9(6)13-3-2-8(11)12-10(13)14/h2-3,6-7,9H,4-5,17H2,1H3,(H2,11,12,14). The summed E-state index contributed by atoms with van der Waals surface area (Å²) in [5.74, 6) is 0.463. The molecule has 1 saturated heterocycles. The zero-order valence-corrected chi connectivity index (χ0v) is 10.7. The van der Waals surface area contributed by atoms with Crippen LogP contribution in [0.25, 0.3) is 0 Å². The SMILES string of the molecule is CC1CC(COP)OC1n1ccc(N)nc1=O. The van der Waals surface area contributed by atoms with Crippen LogP contribution < -0.4 is 11.4 Å². The quantitative estimate of drug-likeness (QED) is 0.800. The summed E-state index contributed by atoms with van der Waals surface area (Å²) in [5.41, 5.74) is 5.07. The smallest absolute Gasteiger partial charge is 0.351 e. The van der Waals surface area contributed by atoms with E-state index in [0.717, 1.165) is 6.42 Å². The first-order valence-corrected chi connectivity index (χ1v) is 5.90. The van der Waals surface area contributed by atoms with Crippen molar-refractivity contribution in [1.82, 2.24) is 9.55 Å². The number of nitrogens with two attached hydrogens (primary N) is 1. The number of aromatic nitrogens is 2. The van der Waals surface area contributed by atoms with Crippen LogP contribution in [0.1, 0.15) is 19.6 Å². The number of anilines is 1. The first-order valence-electron chi connectivity index (χ1n) is 5.43. The van der Waals surface area contributed by atoms with Gasteiger partial charge in [0.2, 0.25) is 0 Å². The Bertz CT molecular complexity index is 451. The molecule has 1 aromatic rings. The lowest BCUT2D eigenvalue weighted by molar-refractivity contribution is -0.0271. The third-order valence-electron chi connectivity index (χ3n) is 2.86. The van der Waals surface area contributed by atoms with Gasteiger partial charge in [-0.2, -0.15) is 4.98 Å². The van der Waals surface area contributed by atoms with E-state index in [2.05, 4.69) is 14.5 Å². The number of nitrogens with zero attached hydrogens (tertiary/aromatic N) is 2. The number of hydrogen-bond donors (Lipinski definition) is 1. The summed E-state index contributed by atoms with van der Waals surface area (Å²) >= 11 is 0. The summed E-state index contributed by atoms with van der Waals surface area (Å²) < 4.78 is 12.2. The maximum Gasteiger partial charge on any atom is 0.351 e. The van der Waals surface area contributed by atoms with E-state index in [0.29, 0.717) is 6.61 Å². The minimum absolute atomic E-state index is 0.0111. The van der Waals surface area contributed by atoms with Crippen LogP contribution in [-0.4, -0.2) is 22.3 Å². The van der Waals surface area contributed by atoms with Crippen LogP contribution in [0.5, 0.6) is 0 Å². The second-order valence-corrected chi connectivity index (χ2v) is 4.57. The highest BCUT2D eigenvalue weighted by molar-refractivity contribution is 7.09. The van der Waals surface area contributed by atoms with E-state index in [1.807, 2.05) is 6.92 Å². The van der Waals surface area contributed by atoms with Crippen molar-refractivity contribution in [2.24, 2.45) is 5.92 Å². The van der Waals surface area contributed by atoms with Gasteiger partial charge in [0, 0.05) is 21.6 Å². The van der Waals surface area contributed by atoms with Crippen LogP contribution >= 0.6 is 9.47 Å². The predicted octanol–water partition coefficient (Wildman–Crippen LogP) is 0.556. The van der Waals surface area contributed by atoms with Gasteiger partial charge in [-0.1, -0.05) is 6.92 Å². The van der Waals surface area contributed by atoms with Gasteiger partial charge in [-0.15, -0.1) is 0 Å². The fourth-order valence-corrected chi connectivity index (χ4v) is 2.31. The molecule has 7 heteroatoms. The summed E-state index contributed by atoms with van der Waals surface area (Å²) in [6.45, 7) is 2.54. The van der Waals surface area contributed by atoms with Crippen LogP contribution in [0.3, 0.4) is 0 Å². The molecule has 1 aliphatic rings. The summed E-state index contributed by atoms with van der Waals surface area (Å²) in [6.07, 6.45) is 2.20. The second kappa shape index (κ2) is 5.12. The zero-order chi connectivity index (χ0) is 12.4. The molecular weight excluding hydrogens is 241 g/mol. The van der Waals surface area contributed by atoms with E-state index in [-0.39, 0.29) is 29.8 Å². The molecule has 0 radical (unpaired) electrons. The lowest BCUT2D eigenvalue weighted by atomic mass is 10.1. The average molecular weight is 257 g/mol. The van der Waals surface area contributed by atoms with Crippen molar-refractivity contribution in [3.05, 3.63) is 22.7 Å². The van der Waals surface area contributed by atoms with Crippen molar-refractivity contribution in [3.8, 4) is 0 Å². The van der Waals surface area contributed by atoms with Gasteiger partial charge in [-0.3, -0.25) is 4.57 Å². The second-order valence-electron chi connectivity index (χ2n) is 4.24. The number of rotatable bonds is 3. The van der Waals surface area contributed by atoms with E-state index in [4.69, 9.17) is 15.0 Å². The minimum atomic E-state index is -0.380. The lowest BCUT2D eigenvalue weighted by Crippen LogP contribution is -2.29. The summed E-state index contributed by atoms with van der Waals surface area (Å²) in [7, 11) is 2.20. The Kier molecular flexibility index (Phi) is 3.76. The van der Waals surface area contributed by atoms with Gasteiger partial charge in [0.25, 0.3) is 0 Å². The molecule has 94 valence electrons. The van der Waals surface area contributed by atoms with Crippen molar-refractivity contribution in [2.75, 3.05) is 12.3 Å². The molecule has 1 fully saturated rings. The Morgan fingerprint density at radius 1 is 1.76 bits per heavy atom. The van der Waals surface area contributed by atoms with E-state index >= 15 is 0 Å². The average Bonchev–Trinajstić information content (AvgIpc) is 2.60. The van der Waals surface area contributed by atoms with Crippen molar-refractivity contribution < 1.29 is 9.26 Å². The van der Waals surface area contributed by atoms with Crippen molar-refractivity contribution >= 4 is 15.3 Å². The third kappa shape index (κ3) is 2.65. The molecule has 0 spiro atoms. The Hall–Kier alpha value is -0.970. The van der Waals surface area contributed by atoms with Crippen molar-refractivity contribution in [3.63, 3.8) is 0 Å². The van der Waals surface area contributed by atoms with Crippen LogP contribution in [0.2, 0.25) is 0 Å².